The molecule has 0 amide bonds. The van der Waals surface area contributed by atoms with E-state index in [1.54, 1.807) is 28.4 Å². The molecule has 164 valence electrons. The van der Waals surface area contributed by atoms with Gasteiger partial charge in [-0.05, 0) is 76.8 Å². The van der Waals surface area contributed by atoms with E-state index >= 15 is 0 Å². The topological polar surface area (TPSA) is 57.2 Å². The second-order valence-electron chi connectivity index (χ2n) is 7.98. The van der Waals surface area contributed by atoms with Crippen molar-refractivity contribution in [3.8, 4) is 23.0 Å². The third-order valence-electron chi connectivity index (χ3n) is 6.44. The molecule has 1 aliphatic heterocycles. The van der Waals surface area contributed by atoms with Crippen molar-refractivity contribution in [2.24, 2.45) is 0 Å². The molecule has 4 rings (SSSR count). The Morgan fingerprint density at radius 2 is 1.26 bits per heavy atom. The number of carbonyl (C=O) groups is 1. The van der Waals surface area contributed by atoms with Crippen molar-refractivity contribution in [3.63, 3.8) is 0 Å². The summed E-state index contributed by atoms with van der Waals surface area (Å²) in [4.78, 5) is 13.3. The van der Waals surface area contributed by atoms with Gasteiger partial charge in [0.1, 0.15) is 6.29 Å². The van der Waals surface area contributed by atoms with Gasteiger partial charge in [-0.3, -0.25) is 4.90 Å². The van der Waals surface area contributed by atoms with E-state index in [4.69, 9.17) is 18.9 Å². The Morgan fingerprint density at radius 1 is 0.806 bits per heavy atom. The Morgan fingerprint density at radius 3 is 1.71 bits per heavy atom. The molecule has 31 heavy (non-hydrogen) atoms. The predicted octanol–water partition coefficient (Wildman–Crippen LogP) is 4.36. The summed E-state index contributed by atoms with van der Waals surface area (Å²) in [5.74, 6) is 2.80. The van der Waals surface area contributed by atoms with Gasteiger partial charge in [0.05, 0.1) is 28.4 Å². The summed E-state index contributed by atoms with van der Waals surface area (Å²) in [6.07, 6.45) is 3.29. The zero-order chi connectivity index (χ0) is 22.1. The van der Waals surface area contributed by atoms with E-state index in [0.29, 0.717) is 35.5 Å². The Bertz CT molecular complexity index is 1140. The molecule has 3 aromatic rings. The standard InChI is InChI=1S/C25H29NO5/c1-26-14-21-16(9-15(26)7-6-8-27)17-10-22(28-2)23(29-3)11-18(17)19-12-24(30-4)25(31-5)13-20(19)21/h8,10-13,15H,6-7,9,14H2,1-5H3. The van der Waals surface area contributed by atoms with Gasteiger partial charge in [0.2, 0.25) is 0 Å². The summed E-state index contributed by atoms with van der Waals surface area (Å²) in [7, 11) is 8.75. The van der Waals surface area contributed by atoms with Crippen molar-refractivity contribution in [2.45, 2.75) is 31.8 Å². The van der Waals surface area contributed by atoms with E-state index in [1.165, 1.54) is 11.1 Å². The van der Waals surface area contributed by atoms with Gasteiger partial charge in [0.15, 0.2) is 23.0 Å². The lowest BCUT2D eigenvalue weighted by Crippen LogP contribution is -2.37. The summed E-state index contributed by atoms with van der Waals surface area (Å²) < 4.78 is 22.4. The summed E-state index contributed by atoms with van der Waals surface area (Å²) >= 11 is 0. The van der Waals surface area contributed by atoms with Gasteiger partial charge in [-0.2, -0.15) is 0 Å². The van der Waals surface area contributed by atoms with Crippen molar-refractivity contribution in [2.75, 3.05) is 35.5 Å². The third-order valence-corrected chi connectivity index (χ3v) is 6.44. The first kappa shape index (κ1) is 21.2. The van der Waals surface area contributed by atoms with Crippen molar-refractivity contribution in [1.29, 1.82) is 0 Å². The number of ether oxygens (including phenoxy) is 4. The van der Waals surface area contributed by atoms with E-state index in [0.717, 1.165) is 47.2 Å². The first-order chi connectivity index (χ1) is 15.1. The highest BCUT2D eigenvalue weighted by Gasteiger charge is 2.28. The number of benzene rings is 3. The van der Waals surface area contributed by atoms with Gasteiger partial charge in [-0.25, -0.2) is 0 Å². The van der Waals surface area contributed by atoms with Gasteiger partial charge in [-0.1, -0.05) is 0 Å². The highest BCUT2D eigenvalue weighted by atomic mass is 16.5. The minimum atomic E-state index is 0.312. The van der Waals surface area contributed by atoms with Crippen molar-refractivity contribution in [1.82, 2.24) is 4.90 Å². The van der Waals surface area contributed by atoms with Crippen LogP contribution < -0.4 is 18.9 Å². The van der Waals surface area contributed by atoms with Gasteiger partial charge >= 0.3 is 0 Å². The van der Waals surface area contributed by atoms with Crippen LogP contribution in [0.5, 0.6) is 23.0 Å². The molecule has 0 spiro atoms. The maximum absolute atomic E-state index is 11.0. The Hall–Kier alpha value is -2.99. The second kappa shape index (κ2) is 8.63. The first-order valence-electron chi connectivity index (χ1n) is 10.4. The smallest absolute Gasteiger partial charge is 0.161 e. The van der Waals surface area contributed by atoms with Crippen molar-refractivity contribution < 1.29 is 23.7 Å². The molecule has 1 unspecified atom stereocenters. The van der Waals surface area contributed by atoms with E-state index in [1.807, 2.05) is 12.1 Å². The normalized spacial score (nSPS) is 16.2. The molecule has 6 nitrogen and oxygen atoms in total. The van der Waals surface area contributed by atoms with Gasteiger partial charge in [0, 0.05) is 19.0 Å². The maximum atomic E-state index is 11.0. The van der Waals surface area contributed by atoms with E-state index in [9.17, 15) is 4.79 Å². The van der Waals surface area contributed by atoms with Crippen LogP contribution in [0.4, 0.5) is 0 Å². The number of aldehydes is 1. The van der Waals surface area contributed by atoms with Crippen LogP contribution in [0.1, 0.15) is 24.0 Å². The molecule has 0 aromatic heterocycles. The monoisotopic (exact) mass is 423 g/mol. The minimum absolute atomic E-state index is 0.312. The highest BCUT2D eigenvalue weighted by Crippen LogP contribution is 2.45. The first-order valence-corrected chi connectivity index (χ1v) is 10.4. The SMILES string of the molecule is COc1cc2c3c(c4cc(OC)c(OC)cc4c2cc1OC)CN(C)C(CCC=O)C3. The number of nitrogens with zero attached hydrogens (tertiary/aromatic N) is 1. The van der Waals surface area contributed by atoms with Crippen LogP contribution in [-0.2, 0) is 17.8 Å². The molecule has 1 aliphatic rings. The Labute approximate surface area is 182 Å². The molecule has 6 heteroatoms. The molecule has 1 heterocycles. The lowest BCUT2D eigenvalue weighted by Gasteiger charge is -2.36. The second-order valence-corrected chi connectivity index (χ2v) is 7.98. The molecule has 0 saturated heterocycles. The molecule has 0 saturated carbocycles. The minimum Gasteiger partial charge on any atom is -0.493 e. The zero-order valence-corrected chi connectivity index (χ0v) is 18.8. The van der Waals surface area contributed by atoms with Crippen LogP contribution in [0.2, 0.25) is 0 Å². The number of carbonyl (C=O) groups excluding carboxylic acids is 1. The zero-order valence-electron chi connectivity index (χ0n) is 18.8. The molecular formula is C25H29NO5. The average Bonchev–Trinajstić information content (AvgIpc) is 2.81. The fourth-order valence-electron chi connectivity index (χ4n) is 4.79. The Balaban J connectivity index is 2.07. The van der Waals surface area contributed by atoms with Crippen LogP contribution in [0.15, 0.2) is 24.3 Å². The van der Waals surface area contributed by atoms with E-state index in [2.05, 4.69) is 24.1 Å². The summed E-state index contributed by atoms with van der Waals surface area (Å²) in [5.41, 5.74) is 2.57. The number of rotatable bonds is 7. The number of likely N-dealkylation sites (N-methyl/N-ethyl adjacent to an activating group) is 1. The number of hydrogen-bond acceptors (Lipinski definition) is 6. The fourth-order valence-corrected chi connectivity index (χ4v) is 4.79. The molecule has 0 radical (unpaired) electrons. The van der Waals surface area contributed by atoms with Crippen LogP contribution in [0, 0.1) is 0 Å². The Kier molecular flexibility index (Phi) is 5.92. The van der Waals surface area contributed by atoms with Crippen LogP contribution in [0.25, 0.3) is 21.5 Å². The number of methoxy groups -OCH3 is 4. The molecule has 0 N–H and O–H groups in total. The summed E-state index contributed by atoms with van der Waals surface area (Å²) in [6, 6.07) is 8.54. The summed E-state index contributed by atoms with van der Waals surface area (Å²) in [6.45, 7) is 0.801. The third kappa shape index (κ3) is 3.55. The molecular weight excluding hydrogens is 394 g/mol. The van der Waals surface area contributed by atoms with Gasteiger partial charge in [-0.15, -0.1) is 0 Å². The van der Waals surface area contributed by atoms with Crippen LogP contribution in [-0.4, -0.2) is 52.7 Å². The van der Waals surface area contributed by atoms with Crippen molar-refractivity contribution >= 4 is 27.8 Å². The largest absolute Gasteiger partial charge is 0.493 e. The highest BCUT2D eigenvalue weighted by molar-refractivity contribution is 6.12. The molecule has 3 aromatic carbocycles. The van der Waals surface area contributed by atoms with Crippen LogP contribution >= 0.6 is 0 Å². The predicted molar refractivity (Wildman–Crippen MR) is 122 cm³/mol. The van der Waals surface area contributed by atoms with Crippen molar-refractivity contribution in [3.05, 3.63) is 35.4 Å². The molecule has 0 fully saturated rings. The van der Waals surface area contributed by atoms with Gasteiger partial charge < -0.3 is 23.7 Å². The maximum Gasteiger partial charge on any atom is 0.161 e. The quantitative estimate of drug-likeness (QED) is 0.416. The fraction of sp³-hybridized carbons (Fsp3) is 0.400. The number of fused-ring (bicyclic) bond motifs is 6. The van der Waals surface area contributed by atoms with E-state index in [-0.39, 0.29) is 0 Å². The van der Waals surface area contributed by atoms with Crippen LogP contribution in [0.3, 0.4) is 0 Å². The summed E-state index contributed by atoms with van der Waals surface area (Å²) in [5, 5.41) is 4.47. The molecule has 1 atom stereocenters. The molecule has 0 aliphatic carbocycles. The lowest BCUT2D eigenvalue weighted by atomic mass is 9.84. The lowest BCUT2D eigenvalue weighted by molar-refractivity contribution is -0.108. The number of hydrogen-bond donors (Lipinski definition) is 0. The van der Waals surface area contributed by atoms with Gasteiger partial charge in [0.25, 0.3) is 0 Å². The molecule has 0 bridgehead atoms. The van der Waals surface area contributed by atoms with E-state index < -0.39 is 0 Å². The average molecular weight is 424 g/mol.